The van der Waals surface area contributed by atoms with Gasteiger partial charge in [0.25, 0.3) is 10.1 Å². The number of anilines is 1. The molecule has 2 aromatic carbocycles. The Hall–Kier alpha value is -2.38. The van der Waals surface area contributed by atoms with Crippen LogP contribution in [0.3, 0.4) is 0 Å². The van der Waals surface area contributed by atoms with Gasteiger partial charge in [-0.1, -0.05) is 38.5 Å². The van der Waals surface area contributed by atoms with Gasteiger partial charge in [-0.05, 0) is 42.8 Å². The van der Waals surface area contributed by atoms with Crippen LogP contribution in [0.2, 0.25) is 0 Å². The van der Waals surface area contributed by atoms with E-state index in [2.05, 4.69) is 5.32 Å². The largest absolute Gasteiger partial charge is 0.497 e. The quantitative estimate of drug-likeness (QED) is 0.657. The lowest BCUT2D eigenvalue weighted by Crippen LogP contribution is -2.34. The lowest BCUT2D eigenvalue weighted by Gasteiger charge is -2.23. The summed E-state index contributed by atoms with van der Waals surface area (Å²) in [4.78, 5) is 12.7. The molecule has 0 fully saturated rings. The van der Waals surface area contributed by atoms with Gasteiger partial charge in [-0.25, -0.2) is 0 Å². The number of ether oxygens (including phenoxy) is 1. The minimum atomic E-state index is -3.94. The number of amides is 1. The van der Waals surface area contributed by atoms with Gasteiger partial charge >= 0.3 is 0 Å². The van der Waals surface area contributed by atoms with Crippen molar-refractivity contribution in [3.63, 3.8) is 0 Å². The monoisotopic (exact) mass is 391 g/mol. The van der Waals surface area contributed by atoms with E-state index in [0.717, 1.165) is 0 Å². The molecule has 0 aliphatic carbocycles. The first-order chi connectivity index (χ1) is 12.9. The molecule has 0 spiro atoms. The van der Waals surface area contributed by atoms with Gasteiger partial charge in [-0.2, -0.15) is 8.42 Å². The van der Waals surface area contributed by atoms with E-state index in [0.29, 0.717) is 24.3 Å². The Kier molecular flexibility index (Phi) is 7.38. The van der Waals surface area contributed by atoms with Crippen LogP contribution in [0.1, 0.15) is 26.7 Å². The van der Waals surface area contributed by atoms with E-state index in [4.69, 9.17) is 8.92 Å². The van der Waals surface area contributed by atoms with Gasteiger partial charge in [-0.15, -0.1) is 0 Å². The average Bonchev–Trinajstić information content (AvgIpc) is 2.68. The van der Waals surface area contributed by atoms with E-state index in [1.54, 1.807) is 56.5 Å². The second-order valence-corrected chi connectivity index (χ2v) is 7.77. The van der Waals surface area contributed by atoms with Gasteiger partial charge in [-0.3, -0.25) is 8.98 Å². The van der Waals surface area contributed by atoms with Crippen LogP contribution in [-0.4, -0.2) is 27.5 Å². The number of methoxy groups -OCH3 is 1. The fourth-order valence-electron chi connectivity index (χ4n) is 2.57. The molecule has 0 saturated heterocycles. The summed E-state index contributed by atoms with van der Waals surface area (Å²) in [6, 6.07) is 14.9. The SMILES string of the molecule is CCC[C@@H](OS(=O)(=O)c1ccccc1)[C@H](C)C(=O)Nc1ccc(OC)cc1. The molecule has 0 radical (unpaired) electrons. The third-order valence-corrected chi connectivity index (χ3v) is 5.53. The molecule has 2 atom stereocenters. The summed E-state index contributed by atoms with van der Waals surface area (Å²) in [6.45, 7) is 3.58. The van der Waals surface area contributed by atoms with Crippen molar-refractivity contribution in [3.05, 3.63) is 54.6 Å². The van der Waals surface area contributed by atoms with Gasteiger partial charge in [0.2, 0.25) is 5.91 Å². The van der Waals surface area contributed by atoms with Crippen molar-refractivity contribution < 1.29 is 22.1 Å². The Morgan fingerprint density at radius 2 is 1.70 bits per heavy atom. The van der Waals surface area contributed by atoms with Crippen molar-refractivity contribution >= 4 is 21.7 Å². The summed E-state index contributed by atoms with van der Waals surface area (Å²) in [5, 5.41) is 2.79. The van der Waals surface area contributed by atoms with Gasteiger partial charge in [0.1, 0.15) is 5.75 Å². The highest BCUT2D eigenvalue weighted by molar-refractivity contribution is 7.86. The highest BCUT2D eigenvalue weighted by Crippen LogP contribution is 2.23. The zero-order valence-electron chi connectivity index (χ0n) is 15.7. The number of benzene rings is 2. The van der Waals surface area contributed by atoms with Crippen LogP contribution in [-0.2, 0) is 19.1 Å². The maximum atomic E-state index is 12.6. The summed E-state index contributed by atoms with van der Waals surface area (Å²) < 4.78 is 35.5. The molecule has 0 unspecified atom stereocenters. The minimum absolute atomic E-state index is 0.0777. The number of rotatable bonds is 9. The van der Waals surface area contributed by atoms with Crippen molar-refractivity contribution in [1.82, 2.24) is 0 Å². The van der Waals surface area contributed by atoms with E-state index >= 15 is 0 Å². The van der Waals surface area contributed by atoms with Crippen LogP contribution in [0.25, 0.3) is 0 Å². The van der Waals surface area contributed by atoms with Crippen molar-refractivity contribution in [3.8, 4) is 5.75 Å². The number of carbonyl (C=O) groups excluding carboxylic acids is 1. The van der Waals surface area contributed by atoms with Gasteiger partial charge in [0.05, 0.1) is 24.0 Å². The smallest absolute Gasteiger partial charge is 0.297 e. The maximum Gasteiger partial charge on any atom is 0.297 e. The summed E-state index contributed by atoms with van der Waals surface area (Å²) in [6.07, 6.45) is 0.386. The van der Waals surface area contributed by atoms with Crippen LogP contribution in [0.4, 0.5) is 5.69 Å². The Labute approximate surface area is 160 Å². The Morgan fingerprint density at radius 1 is 1.07 bits per heavy atom. The van der Waals surface area contributed by atoms with Crippen LogP contribution in [0.15, 0.2) is 59.5 Å². The third kappa shape index (κ3) is 5.80. The van der Waals surface area contributed by atoms with E-state index in [-0.39, 0.29) is 10.8 Å². The minimum Gasteiger partial charge on any atom is -0.497 e. The predicted molar refractivity (Wildman–Crippen MR) is 104 cm³/mol. The summed E-state index contributed by atoms with van der Waals surface area (Å²) in [7, 11) is -2.37. The highest BCUT2D eigenvalue weighted by Gasteiger charge is 2.30. The van der Waals surface area contributed by atoms with Gasteiger partial charge in [0, 0.05) is 5.69 Å². The molecule has 0 aliphatic rings. The van der Waals surface area contributed by atoms with E-state index in [9.17, 15) is 13.2 Å². The standard InChI is InChI=1S/C20H25NO5S/c1-4-8-19(26-27(23,24)18-9-6-5-7-10-18)15(2)20(22)21-16-11-13-17(25-3)14-12-16/h5-7,9-15,19H,4,8H2,1-3H3,(H,21,22)/t15-,19+/m0/s1. The molecule has 0 bridgehead atoms. The second kappa shape index (κ2) is 9.53. The van der Waals surface area contributed by atoms with Crippen LogP contribution < -0.4 is 10.1 Å². The number of carbonyl (C=O) groups is 1. The summed E-state index contributed by atoms with van der Waals surface area (Å²) >= 11 is 0. The summed E-state index contributed by atoms with van der Waals surface area (Å²) in [5.41, 5.74) is 0.605. The molecule has 0 saturated carbocycles. The van der Waals surface area contributed by atoms with Crippen LogP contribution in [0.5, 0.6) is 5.75 Å². The molecule has 0 aromatic heterocycles. The fraction of sp³-hybridized carbons (Fsp3) is 0.350. The second-order valence-electron chi connectivity index (χ2n) is 6.20. The number of hydrogen-bond acceptors (Lipinski definition) is 5. The van der Waals surface area contributed by atoms with Gasteiger partial charge < -0.3 is 10.1 Å². The molecule has 1 N–H and O–H groups in total. The van der Waals surface area contributed by atoms with Crippen molar-refractivity contribution in [1.29, 1.82) is 0 Å². The predicted octanol–water partition coefficient (Wildman–Crippen LogP) is 3.84. The average molecular weight is 391 g/mol. The molecule has 146 valence electrons. The first-order valence-electron chi connectivity index (χ1n) is 8.80. The van der Waals surface area contributed by atoms with E-state index in [1.807, 2.05) is 6.92 Å². The molecule has 0 aliphatic heterocycles. The van der Waals surface area contributed by atoms with E-state index in [1.165, 1.54) is 12.1 Å². The first kappa shape index (κ1) is 20.9. The molecule has 2 rings (SSSR count). The normalized spacial score (nSPS) is 13.6. The first-order valence-corrected chi connectivity index (χ1v) is 10.2. The zero-order chi connectivity index (χ0) is 19.9. The lowest BCUT2D eigenvalue weighted by atomic mass is 10.00. The molecular weight excluding hydrogens is 366 g/mol. The molecule has 2 aromatic rings. The summed E-state index contributed by atoms with van der Waals surface area (Å²) in [5.74, 6) is -0.269. The number of hydrogen-bond donors (Lipinski definition) is 1. The van der Waals surface area contributed by atoms with E-state index < -0.39 is 22.1 Å². The van der Waals surface area contributed by atoms with Crippen molar-refractivity contribution in [2.24, 2.45) is 5.92 Å². The molecule has 6 nitrogen and oxygen atoms in total. The van der Waals surface area contributed by atoms with Crippen LogP contribution >= 0.6 is 0 Å². The molecule has 0 heterocycles. The number of nitrogens with one attached hydrogen (secondary N) is 1. The van der Waals surface area contributed by atoms with Crippen molar-refractivity contribution in [2.45, 2.75) is 37.7 Å². The van der Waals surface area contributed by atoms with Crippen LogP contribution in [0, 0.1) is 5.92 Å². The van der Waals surface area contributed by atoms with Crippen molar-refractivity contribution in [2.75, 3.05) is 12.4 Å². The fourth-order valence-corrected chi connectivity index (χ4v) is 3.76. The maximum absolute atomic E-state index is 12.6. The molecule has 7 heteroatoms. The zero-order valence-corrected chi connectivity index (χ0v) is 16.5. The Morgan fingerprint density at radius 3 is 2.26 bits per heavy atom. The molecular formula is C20H25NO5S. The third-order valence-electron chi connectivity index (χ3n) is 4.18. The molecule has 27 heavy (non-hydrogen) atoms. The Balaban J connectivity index is 2.10. The van der Waals surface area contributed by atoms with Gasteiger partial charge in [0.15, 0.2) is 0 Å². The lowest BCUT2D eigenvalue weighted by molar-refractivity contribution is -0.122. The topological polar surface area (TPSA) is 81.7 Å². The highest BCUT2D eigenvalue weighted by atomic mass is 32.2. The Bertz CT molecular complexity index is 834. The molecule has 1 amide bonds.